The quantitative estimate of drug-likeness (QED) is 0.410. The fourth-order valence-electron chi connectivity index (χ4n) is 4.58. The van der Waals surface area contributed by atoms with E-state index in [2.05, 4.69) is 63.8 Å². The molecule has 30 heavy (non-hydrogen) atoms. The van der Waals surface area contributed by atoms with Crippen molar-refractivity contribution in [1.29, 1.82) is 0 Å². The highest BCUT2D eigenvalue weighted by Crippen LogP contribution is 2.20. The third kappa shape index (κ3) is 5.99. The SMILES string of the molecule is CCNC(=NCc1cccc(N2CC=CC2)c1)NC1CCN(CC2CCOC2)CC1. The molecule has 0 amide bonds. The summed E-state index contributed by atoms with van der Waals surface area (Å²) in [7, 11) is 0. The van der Waals surface area contributed by atoms with Gasteiger partial charge in [-0.25, -0.2) is 4.99 Å². The van der Waals surface area contributed by atoms with Crippen LogP contribution in [0.25, 0.3) is 0 Å². The van der Waals surface area contributed by atoms with Gasteiger partial charge in [0.15, 0.2) is 5.96 Å². The van der Waals surface area contributed by atoms with Gasteiger partial charge in [0.05, 0.1) is 13.2 Å². The van der Waals surface area contributed by atoms with Crippen LogP contribution in [0, 0.1) is 5.92 Å². The van der Waals surface area contributed by atoms with Crippen molar-refractivity contribution in [2.75, 3.05) is 57.4 Å². The Hall–Kier alpha value is -2.05. The van der Waals surface area contributed by atoms with Crippen LogP contribution in [0.4, 0.5) is 5.69 Å². The number of hydrogen-bond donors (Lipinski definition) is 2. The highest BCUT2D eigenvalue weighted by atomic mass is 16.5. The second-order valence-electron chi connectivity index (χ2n) is 8.69. The highest BCUT2D eigenvalue weighted by Gasteiger charge is 2.24. The molecule has 3 heterocycles. The molecule has 0 spiro atoms. The summed E-state index contributed by atoms with van der Waals surface area (Å²) in [6.07, 6.45) is 8.03. The van der Waals surface area contributed by atoms with Gasteiger partial charge in [0.25, 0.3) is 0 Å². The van der Waals surface area contributed by atoms with Crippen molar-refractivity contribution in [3.63, 3.8) is 0 Å². The third-order valence-electron chi connectivity index (χ3n) is 6.33. The molecule has 6 nitrogen and oxygen atoms in total. The van der Waals surface area contributed by atoms with Gasteiger partial charge >= 0.3 is 0 Å². The molecular weight excluding hydrogens is 374 g/mol. The van der Waals surface area contributed by atoms with E-state index in [-0.39, 0.29) is 0 Å². The standard InChI is InChI=1S/C24H37N5O/c1-2-25-24(26-17-20-6-5-7-23(16-20)29-11-3-4-12-29)27-22-8-13-28(14-9-22)18-21-10-15-30-19-21/h3-7,16,21-22H,2,8-15,17-19H2,1H3,(H2,25,26,27). The van der Waals surface area contributed by atoms with Gasteiger partial charge in [-0.1, -0.05) is 24.3 Å². The Morgan fingerprint density at radius 3 is 2.73 bits per heavy atom. The van der Waals surface area contributed by atoms with Crippen LogP contribution in [-0.4, -0.2) is 69.4 Å². The van der Waals surface area contributed by atoms with Crippen LogP contribution in [0.3, 0.4) is 0 Å². The van der Waals surface area contributed by atoms with Crippen molar-refractivity contribution in [1.82, 2.24) is 15.5 Å². The summed E-state index contributed by atoms with van der Waals surface area (Å²) in [4.78, 5) is 9.87. The Balaban J connectivity index is 1.27. The minimum atomic E-state index is 0.501. The summed E-state index contributed by atoms with van der Waals surface area (Å²) in [5.74, 6) is 1.67. The smallest absolute Gasteiger partial charge is 0.191 e. The molecule has 0 aromatic heterocycles. The lowest BCUT2D eigenvalue weighted by molar-refractivity contribution is 0.150. The molecule has 0 saturated carbocycles. The number of benzene rings is 1. The molecule has 1 aromatic rings. The largest absolute Gasteiger partial charge is 0.381 e. The van der Waals surface area contributed by atoms with Crippen LogP contribution in [-0.2, 0) is 11.3 Å². The predicted molar refractivity (Wildman–Crippen MR) is 124 cm³/mol. The Kier molecular flexibility index (Phi) is 7.65. The summed E-state index contributed by atoms with van der Waals surface area (Å²) in [6.45, 7) is 11.1. The number of anilines is 1. The number of aliphatic imine (C=N–C) groups is 1. The fourth-order valence-corrected chi connectivity index (χ4v) is 4.58. The van der Waals surface area contributed by atoms with E-state index in [4.69, 9.17) is 9.73 Å². The summed E-state index contributed by atoms with van der Waals surface area (Å²) < 4.78 is 5.53. The van der Waals surface area contributed by atoms with E-state index in [1.165, 1.54) is 50.1 Å². The van der Waals surface area contributed by atoms with Crippen LogP contribution < -0.4 is 15.5 Å². The molecule has 4 rings (SSSR count). The van der Waals surface area contributed by atoms with Gasteiger partial charge in [-0.15, -0.1) is 0 Å². The molecule has 2 fully saturated rings. The van der Waals surface area contributed by atoms with Crippen LogP contribution in [0.5, 0.6) is 0 Å². The minimum Gasteiger partial charge on any atom is -0.381 e. The van der Waals surface area contributed by atoms with E-state index >= 15 is 0 Å². The zero-order chi connectivity index (χ0) is 20.6. The zero-order valence-corrected chi connectivity index (χ0v) is 18.4. The van der Waals surface area contributed by atoms with Gasteiger partial charge in [0, 0.05) is 57.6 Å². The summed E-state index contributed by atoms with van der Waals surface area (Å²) in [6, 6.07) is 9.27. The fraction of sp³-hybridized carbons (Fsp3) is 0.625. The van der Waals surface area contributed by atoms with Gasteiger partial charge in [-0.3, -0.25) is 0 Å². The van der Waals surface area contributed by atoms with Crippen molar-refractivity contribution < 1.29 is 4.74 Å². The van der Waals surface area contributed by atoms with Gasteiger partial charge < -0.3 is 25.2 Å². The van der Waals surface area contributed by atoms with E-state index in [1.54, 1.807) is 0 Å². The molecule has 1 unspecified atom stereocenters. The van der Waals surface area contributed by atoms with E-state index in [0.29, 0.717) is 12.6 Å². The van der Waals surface area contributed by atoms with Crippen molar-refractivity contribution in [3.05, 3.63) is 42.0 Å². The van der Waals surface area contributed by atoms with E-state index < -0.39 is 0 Å². The molecule has 2 N–H and O–H groups in total. The Morgan fingerprint density at radius 1 is 1.17 bits per heavy atom. The zero-order valence-electron chi connectivity index (χ0n) is 18.4. The minimum absolute atomic E-state index is 0.501. The van der Waals surface area contributed by atoms with Gasteiger partial charge in [0.2, 0.25) is 0 Å². The second-order valence-corrected chi connectivity index (χ2v) is 8.69. The molecule has 1 atom stereocenters. The lowest BCUT2D eigenvalue weighted by Gasteiger charge is -2.34. The van der Waals surface area contributed by atoms with E-state index in [1.807, 2.05) is 0 Å². The number of nitrogens with zero attached hydrogens (tertiary/aromatic N) is 3. The maximum atomic E-state index is 5.53. The van der Waals surface area contributed by atoms with Crippen molar-refractivity contribution in [2.24, 2.45) is 10.9 Å². The number of rotatable bonds is 7. The first-order valence-corrected chi connectivity index (χ1v) is 11.6. The molecular formula is C24H37N5O. The van der Waals surface area contributed by atoms with Crippen molar-refractivity contribution in [2.45, 2.75) is 38.8 Å². The van der Waals surface area contributed by atoms with Gasteiger partial charge in [0.1, 0.15) is 0 Å². The molecule has 1 aromatic carbocycles. The predicted octanol–water partition coefficient (Wildman–Crippen LogP) is 2.62. The van der Waals surface area contributed by atoms with E-state index in [0.717, 1.165) is 44.7 Å². The number of nitrogens with one attached hydrogen (secondary N) is 2. The lowest BCUT2D eigenvalue weighted by atomic mass is 10.0. The van der Waals surface area contributed by atoms with Gasteiger partial charge in [-0.2, -0.15) is 0 Å². The monoisotopic (exact) mass is 411 g/mol. The maximum Gasteiger partial charge on any atom is 0.191 e. The number of ether oxygens (including phenoxy) is 1. The number of likely N-dealkylation sites (tertiary alicyclic amines) is 1. The first-order chi connectivity index (χ1) is 14.8. The number of piperidine rings is 1. The molecule has 0 aliphatic carbocycles. The molecule has 6 heteroatoms. The lowest BCUT2D eigenvalue weighted by Crippen LogP contribution is -2.49. The Bertz CT molecular complexity index is 712. The van der Waals surface area contributed by atoms with Crippen LogP contribution in [0.15, 0.2) is 41.4 Å². The summed E-state index contributed by atoms with van der Waals surface area (Å²) in [5, 5.41) is 7.11. The van der Waals surface area contributed by atoms with Crippen LogP contribution in [0.2, 0.25) is 0 Å². The maximum absolute atomic E-state index is 5.53. The van der Waals surface area contributed by atoms with Crippen molar-refractivity contribution >= 4 is 11.6 Å². The number of guanidine groups is 1. The molecule has 2 saturated heterocycles. The first kappa shape index (κ1) is 21.2. The molecule has 3 aliphatic rings. The summed E-state index contributed by atoms with van der Waals surface area (Å²) in [5.41, 5.74) is 2.54. The van der Waals surface area contributed by atoms with Crippen LogP contribution in [0.1, 0.15) is 31.7 Å². The van der Waals surface area contributed by atoms with E-state index in [9.17, 15) is 0 Å². The average Bonchev–Trinajstić information content (AvgIpc) is 3.48. The first-order valence-electron chi connectivity index (χ1n) is 11.6. The Morgan fingerprint density at radius 2 is 2.00 bits per heavy atom. The Labute approximate surface area is 181 Å². The van der Waals surface area contributed by atoms with Crippen LogP contribution >= 0.6 is 0 Å². The molecule has 3 aliphatic heterocycles. The molecule has 0 bridgehead atoms. The van der Waals surface area contributed by atoms with Crippen molar-refractivity contribution in [3.8, 4) is 0 Å². The van der Waals surface area contributed by atoms with Gasteiger partial charge in [-0.05, 0) is 49.8 Å². The average molecular weight is 412 g/mol. The molecule has 0 radical (unpaired) electrons. The normalized spacial score (nSPS) is 23.3. The topological polar surface area (TPSA) is 52.1 Å². The highest BCUT2D eigenvalue weighted by molar-refractivity contribution is 5.80. The molecule has 164 valence electrons. The second kappa shape index (κ2) is 10.8. The summed E-state index contributed by atoms with van der Waals surface area (Å²) >= 11 is 0. The number of hydrogen-bond acceptors (Lipinski definition) is 4. The third-order valence-corrected chi connectivity index (χ3v) is 6.33.